The molecule has 0 radical (unpaired) electrons. The number of aromatic nitrogens is 5. The van der Waals surface area contributed by atoms with E-state index >= 15 is 0 Å². The van der Waals surface area contributed by atoms with Crippen LogP contribution < -0.4 is 0 Å². The summed E-state index contributed by atoms with van der Waals surface area (Å²) in [7, 11) is 0. The van der Waals surface area contributed by atoms with Gasteiger partial charge < -0.3 is 0 Å². The molecule has 0 saturated heterocycles. The maximum Gasteiger partial charge on any atom is 0.164 e. The van der Waals surface area contributed by atoms with Crippen LogP contribution in [0.2, 0.25) is 0 Å². The summed E-state index contributed by atoms with van der Waals surface area (Å²) in [5.41, 5.74) is 8.87. The van der Waals surface area contributed by atoms with E-state index in [1.165, 1.54) is 37.2 Å². The van der Waals surface area contributed by atoms with Gasteiger partial charge >= 0.3 is 0 Å². The predicted octanol–water partition coefficient (Wildman–Crippen LogP) is 11.4. The number of hydrogen-bond acceptors (Lipinski definition) is 5. The quantitative estimate of drug-likeness (QED) is 0.183. The number of fused-ring (bicyclic) bond motifs is 8. The lowest BCUT2D eigenvalue weighted by Gasteiger charge is -2.21. The lowest BCUT2D eigenvalue weighted by atomic mass is 10.1. The first kappa shape index (κ1) is 29.7. The zero-order chi connectivity index (χ0) is 35.0. The van der Waals surface area contributed by atoms with Crippen LogP contribution in [0.5, 0.6) is 0 Å². The van der Waals surface area contributed by atoms with E-state index in [9.17, 15) is 5.26 Å². The normalized spacial score (nSPS) is 12.1. The van der Waals surface area contributed by atoms with Crippen LogP contribution in [0.15, 0.2) is 168 Å². The summed E-state index contributed by atoms with van der Waals surface area (Å²) in [5, 5.41) is 15.4. The number of nitriles is 1. The highest BCUT2D eigenvalue weighted by molar-refractivity contribution is 7.99. The first-order valence-electron chi connectivity index (χ1n) is 17.4. The van der Waals surface area contributed by atoms with Crippen molar-refractivity contribution in [1.82, 2.24) is 24.1 Å². The van der Waals surface area contributed by atoms with E-state index in [0.717, 1.165) is 44.3 Å². The van der Waals surface area contributed by atoms with Gasteiger partial charge in [0.15, 0.2) is 17.5 Å². The van der Waals surface area contributed by atoms with Gasteiger partial charge in [0.05, 0.1) is 28.4 Å². The third-order valence-corrected chi connectivity index (χ3v) is 11.3. The Bertz CT molecular complexity index is 3170. The fourth-order valence-electron chi connectivity index (χ4n) is 7.76. The number of rotatable bonds is 4. The number of para-hydroxylation sites is 3. The van der Waals surface area contributed by atoms with E-state index in [4.69, 9.17) is 15.0 Å². The van der Waals surface area contributed by atoms with E-state index in [2.05, 4.69) is 137 Å². The summed E-state index contributed by atoms with van der Waals surface area (Å²) >= 11 is 1.83. The van der Waals surface area contributed by atoms with Crippen LogP contribution in [0.25, 0.3) is 89.2 Å². The third kappa shape index (κ3) is 4.56. The molecule has 0 amide bonds. The molecule has 0 bridgehead atoms. The molecule has 7 aromatic carbocycles. The van der Waals surface area contributed by atoms with Crippen molar-refractivity contribution < 1.29 is 0 Å². The Balaban J connectivity index is 1.16. The van der Waals surface area contributed by atoms with Crippen molar-refractivity contribution >= 4 is 55.4 Å². The minimum atomic E-state index is 0.547. The Kier molecular flexibility index (Phi) is 6.45. The molecule has 1 aliphatic heterocycles. The molecule has 0 unspecified atom stereocenters. The van der Waals surface area contributed by atoms with E-state index in [1.54, 1.807) is 12.1 Å². The fraction of sp³-hybridized carbons (Fsp3) is 0. The minimum absolute atomic E-state index is 0.547. The van der Waals surface area contributed by atoms with Crippen molar-refractivity contribution in [2.24, 2.45) is 0 Å². The molecule has 10 aromatic rings. The maximum atomic E-state index is 9.45. The molecule has 0 atom stereocenters. The van der Waals surface area contributed by atoms with Crippen LogP contribution >= 0.6 is 11.8 Å². The Hall–Kier alpha value is -7.01. The average molecular weight is 695 g/mol. The summed E-state index contributed by atoms with van der Waals surface area (Å²) < 4.78 is 4.83. The zero-order valence-electron chi connectivity index (χ0n) is 28.1. The largest absolute Gasteiger partial charge is 0.295 e. The van der Waals surface area contributed by atoms with E-state index in [0.29, 0.717) is 23.0 Å². The monoisotopic (exact) mass is 694 g/mol. The van der Waals surface area contributed by atoms with Crippen LogP contribution in [0.3, 0.4) is 0 Å². The third-order valence-electron chi connectivity index (χ3n) is 10.2. The molecule has 7 heteroatoms. The molecule has 0 aliphatic carbocycles. The van der Waals surface area contributed by atoms with E-state index < -0.39 is 0 Å². The zero-order valence-corrected chi connectivity index (χ0v) is 28.9. The molecule has 1 aliphatic rings. The van der Waals surface area contributed by atoms with Crippen LogP contribution in [0, 0.1) is 11.3 Å². The van der Waals surface area contributed by atoms with Crippen molar-refractivity contribution in [2.75, 3.05) is 0 Å². The molecule has 6 nitrogen and oxygen atoms in total. The van der Waals surface area contributed by atoms with Crippen LogP contribution in [0.1, 0.15) is 5.56 Å². The van der Waals surface area contributed by atoms with Gasteiger partial charge in [0.1, 0.15) is 5.65 Å². The molecule has 0 N–H and O–H groups in total. The smallest absolute Gasteiger partial charge is 0.164 e. The summed E-state index contributed by atoms with van der Waals surface area (Å²) in [6.45, 7) is 0. The molecule has 11 rings (SSSR count). The first-order valence-corrected chi connectivity index (χ1v) is 18.2. The molecule has 4 heterocycles. The lowest BCUT2D eigenvalue weighted by molar-refractivity contribution is 1.02. The molecule has 53 heavy (non-hydrogen) atoms. The molecule has 0 spiro atoms. The highest BCUT2D eigenvalue weighted by Crippen LogP contribution is 2.49. The van der Waals surface area contributed by atoms with Gasteiger partial charge in [0, 0.05) is 48.3 Å². The van der Waals surface area contributed by atoms with E-state index in [1.807, 2.05) is 36.0 Å². The summed E-state index contributed by atoms with van der Waals surface area (Å²) in [4.78, 5) is 17.6. The summed E-state index contributed by atoms with van der Waals surface area (Å²) in [5.74, 6) is 1.71. The standard InChI is InChI=1S/C46H26N6S/c47-27-28-19-21-30(22-20-28)43-48-44(50-45(49-43)33-24-23-29-9-1-2-10-31(29)25-33)32-11-7-12-34(26-32)51-37-15-4-3-13-35(37)41-36-14-8-18-40-42(36)52(46(41)51)38-16-5-6-17-39(38)53-40/h1-26H. The first-order chi connectivity index (χ1) is 26.2. The molecule has 246 valence electrons. The van der Waals surface area contributed by atoms with Gasteiger partial charge in [-0.05, 0) is 77.5 Å². The van der Waals surface area contributed by atoms with Crippen molar-refractivity contribution in [1.29, 1.82) is 5.26 Å². The van der Waals surface area contributed by atoms with E-state index in [-0.39, 0.29) is 0 Å². The summed E-state index contributed by atoms with van der Waals surface area (Å²) in [6, 6.07) is 56.7. The van der Waals surface area contributed by atoms with Gasteiger partial charge in [0.2, 0.25) is 0 Å². The second-order valence-electron chi connectivity index (χ2n) is 13.2. The highest BCUT2D eigenvalue weighted by Gasteiger charge is 2.27. The minimum Gasteiger partial charge on any atom is -0.295 e. The molecular formula is C46H26N6S. The number of hydrogen-bond donors (Lipinski definition) is 0. The summed E-state index contributed by atoms with van der Waals surface area (Å²) in [6.07, 6.45) is 0. The van der Waals surface area contributed by atoms with Gasteiger partial charge in [-0.2, -0.15) is 5.26 Å². The number of benzene rings is 7. The van der Waals surface area contributed by atoms with Gasteiger partial charge in [-0.3, -0.25) is 9.13 Å². The van der Waals surface area contributed by atoms with Gasteiger partial charge in [0.25, 0.3) is 0 Å². The molecule has 0 saturated carbocycles. The average Bonchev–Trinajstić information content (AvgIpc) is 3.75. The van der Waals surface area contributed by atoms with Crippen molar-refractivity contribution in [3.8, 4) is 51.6 Å². The Morgan fingerprint density at radius 1 is 0.509 bits per heavy atom. The topological polar surface area (TPSA) is 72.3 Å². The van der Waals surface area contributed by atoms with Crippen molar-refractivity contribution in [3.05, 3.63) is 163 Å². The Labute approximate surface area is 308 Å². The van der Waals surface area contributed by atoms with Gasteiger partial charge in [-0.1, -0.05) is 103 Å². The molecular weight excluding hydrogens is 669 g/mol. The SMILES string of the molecule is N#Cc1ccc(-c2nc(-c3cccc(-n4c5ccccc5c5c6cccc7c6n(c54)-c4ccccc4S7)c3)nc(-c3ccc4ccccc4c3)n2)cc1. The molecule has 3 aromatic heterocycles. The predicted molar refractivity (Wildman–Crippen MR) is 214 cm³/mol. The van der Waals surface area contributed by atoms with Crippen molar-refractivity contribution in [2.45, 2.75) is 9.79 Å². The molecule has 0 fully saturated rings. The highest BCUT2D eigenvalue weighted by atomic mass is 32.2. The lowest BCUT2D eigenvalue weighted by Crippen LogP contribution is -2.06. The fourth-order valence-corrected chi connectivity index (χ4v) is 8.85. The van der Waals surface area contributed by atoms with Crippen LogP contribution in [-0.2, 0) is 0 Å². The Morgan fingerprint density at radius 3 is 2.02 bits per heavy atom. The second-order valence-corrected chi connectivity index (χ2v) is 14.3. The van der Waals surface area contributed by atoms with Gasteiger partial charge in [-0.25, -0.2) is 15.0 Å². The van der Waals surface area contributed by atoms with Crippen LogP contribution in [-0.4, -0.2) is 24.1 Å². The Morgan fingerprint density at radius 2 is 1.17 bits per heavy atom. The van der Waals surface area contributed by atoms with Crippen LogP contribution in [0.4, 0.5) is 0 Å². The second kappa shape index (κ2) is 11.5. The number of nitrogens with zero attached hydrogens (tertiary/aromatic N) is 6. The van der Waals surface area contributed by atoms with Gasteiger partial charge in [-0.15, -0.1) is 0 Å². The van der Waals surface area contributed by atoms with Crippen molar-refractivity contribution in [3.63, 3.8) is 0 Å². The maximum absolute atomic E-state index is 9.45.